The van der Waals surface area contributed by atoms with Gasteiger partial charge in [0.15, 0.2) is 0 Å². The Kier molecular flexibility index (Phi) is 6.42. The van der Waals surface area contributed by atoms with Crippen LogP contribution in [-0.4, -0.2) is 20.9 Å². The number of hydrogen-bond acceptors (Lipinski definition) is 4. The summed E-state index contributed by atoms with van der Waals surface area (Å²) in [4.78, 5) is 12.8. The van der Waals surface area contributed by atoms with E-state index in [1.54, 1.807) is 49.4 Å². The fourth-order valence-electron chi connectivity index (χ4n) is 2.91. The second-order valence-electron chi connectivity index (χ2n) is 6.84. The minimum absolute atomic E-state index is 0.0498. The van der Waals surface area contributed by atoms with E-state index in [0.29, 0.717) is 29.3 Å². The Bertz CT molecular complexity index is 1160. The van der Waals surface area contributed by atoms with E-state index in [9.17, 15) is 13.2 Å². The zero-order valence-corrected chi connectivity index (χ0v) is 17.9. The van der Waals surface area contributed by atoms with Crippen LogP contribution in [0.3, 0.4) is 0 Å². The van der Waals surface area contributed by atoms with Crippen molar-refractivity contribution in [3.63, 3.8) is 0 Å². The summed E-state index contributed by atoms with van der Waals surface area (Å²) in [7, 11) is -3.86. The molecule has 156 valence electrons. The molecule has 3 aromatic rings. The summed E-state index contributed by atoms with van der Waals surface area (Å²) in [6.07, 6.45) is 0. The minimum atomic E-state index is -3.86. The molecule has 2 N–H and O–H groups in total. The highest BCUT2D eigenvalue weighted by atomic mass is 32.2. The quantitative estimate of drug-likeness (QED) is 0.573. The van der Waals surface area contributed by atoms with Crippen molar-refractivity contribution in [3.05, 3.63) is 83.4 Å². The molecule has 1 amide bonds. The van der Waals surface area contributed by atoms with Crippen LogP contribution in [0.15, 0.2) is 71.6 Å². The van der Waals surface area contributed by atoms with Crippen LogP contribution >= 0.6 is 0 Å². The lowest BCUT2D eigenvalue weighted by atomic mass is 10.1. The van der Waals surface area contributed by atoms with Gasteiger partial charge in [0, 0.05) is 11.3 Å². The monoisotopic (exact) mass is 424 g/mol. The predicted molar refractivity (Wildman–Crippen MR) is 119 cm³/mol. The molecule has 0 aliphatic heterocycles. The lowest BCUT2D eigenvalue weighted by Crippen LogP contribution is -2.17. The van der Waals surface area contributed by atoms with Gasteiger partial charge in [0.25, 0.3) is 15.9 Å². The van der Waals surface area contributed by atoms with E-state index in [0.717, 1.165) is 5.56 Å². The number of nitrogens with one attached hydrogen (secondary N) is 2. The van der Waals surface area contributed by atoms with Crippen molar-refractivity contribution in [1.82, 2.24) is 0 Å². The summed E-state index contributed by atoms with van der Waals surface area (Å²) in [5.41, 5.74) is 2.78. The van der Waals surface area contributed by atoms with Crippen molar-refractivity contribution in [2.24, 2.45) is 0 Å². The standard InChI is InChI=1S/C23H24N2O4S/c1-4-29-21-8-6-5-7-20(21)24-23(26)18-12-11-17(3)22(15-18)30(27,28)25-19-13-9-16(2)10-14-19/h5-15,25H,4H2,1-3H3,(H,24,26). The Hall–Kier alpha value is -3.32. The van der Waals surface area contributed by atoms with Crippen LogP contribution in [0.1, 0.15) is 28.4 Å². The summed E-state index contributed by atoms with van der Waals surface area (Å²) in [6.45, 7) is 5.94. The van der Waals surface area contributed by atoms with Crippen molar-refractivity contribution >= 4 is 27.3 Å². The number of carbonyl (C=O) groups is 1. The van der Waals surface area contributed by atoms with Gasteiger partial charge in [-0.15, -0.1) is 0 Å². The van der Waals surface area contributed by atoms with E-state index in [-0.39, 0.29) is 10.5 Å². The van der Waals surface area contributed by atoms with Gasteiger partial charge in [-0.1, -0.05) is 35.9 Å². The van der Waals surface area contributed by atoms with Gasteiger partial charge in [-0.3, -0.25) is 9.52 Å². The van der Waals surface area contributed by atoms with Gasteiger partial charge in [0.05, 0.1) is 17.2 Å². The molecule has 3 rings (SSSR count). The lowest BCUT2D eigenvalue weighted by Gasteiger charge is -2.14. The first-order valence-electron chi connectivity index (χ1n) is 9.53. The van der Waals surface area contributed by atoms with Crippen LogP contribution < -0.4 is 14.8 Å². The van der Waals surface area contributed by atoms with Crippen LogP contribution in [-0.2, 0) is 10.0 Å². The fourth-order valence-corrected chi connectivity index (χ4v) is 4.24. The molecule has 0 aliphatic rings. The van der Waals surface area contributed by atoms with Crippen molar-refractivity contribution in [1.29, 1.82) is 0 Å². The largest absolute Gasteiger partial charge is 0.492 e. The normalized spacial score (nSPS) is 11.0. The number of amides is 1. The Balaban J connectivity index is 1.87. The summed E-state index contributed by atoms with van der Waals surface area (Å²) in [5.74, 6) is 0.128. The van der Waals surface area contributed by atoms with Gasteiger partial charge < -0.3 is 10.1 Å². The Morgan fingerprint density at radius 2 is 1.67 bits per heavy atom. The molecule has 0 bridgehead atoms. The predicted octanol–water partition coefficient (Wildman–Crippen LogP) is 4.76. The van der Waals surface area contributed by atoms with Crippen LogP contribution in [0.5, 0.6) is 5.75 Å². The molecule has 0 unspecified atom stereocenters. The van der Waals surface area contributed by atoms with Crippen molar-refractivity contribution in [2.75, 3.05) is 16.6 Å². The zero-order valence-electron chi connectivity index (χ0n) is 17.1. The van der Waals surface area contributed by atoms with Crippen molar-refractivity contribution in [3.8, 4) is 5.75 Å². The molecule has 0 fully saturated rings. The summed E-state index contributed by atoms with van der Waals surface area (Å²) >= 11 is 0. The molecular weight excluding hydrogens is 400 g/mol. The summed E-state index contributed by atoms with van der Waals surface area (Å²) in [6, 6.07) is 18.7. The first kappa shape index (κ1) is 21.4. The highest BCUT2D eigenvalue weighted by Crippen LogP contribution is 2.26. The average molecular weight is 425 g/mol. The molecule has 0 heterocycles. The van der Waals surface area contributed by atoms with Crippen LogP contribution in [0.2, 0.25) is 0 Å². The number of carbonyl (C=O) groups excluding carboxylic acids is 1. The summed E-state index contributed by atoms with van der Waals surface area (Å²) < 4.78 is 33.9. The maximum Gasteiger partial charge on any atom is 0.262 e. The number of aryl methyl sites for hydroxylation is 2. The second-order valence-corrected chi connectivity index (χ2v) is 8.49. The molecule has 30 heavy (non-hydrogen) atoms. The molecule has 0 saturated carbocycles. The van der Waals surface area contributed by atoms with Crippen molar-refractivity contribution in [2.45, 2.75) is 25.7 Å². The van der Waals surface area contributed by atoms with Gasteiger partial charge in [-0.2, -0.15) is 0 Å². The molecule has 3 aromatic carbocycles. The lowest BCUT2D eigenvalue weighted by molar-refractivity contribution is 0.102. The number of benzene rings is 3. The number of para-hydroxylation sites is 2. The summed E-state index contributed by atoms with van der Waals surface area (Å²) in [5, 5.41) is 2.79. The van der Waals surface area contributed by atoms with Gasteiger partial charge in [0.1, 0.15) is 5.75 Å². The molecule has 0 aliphatic carbocycles. The minimum Gasteiger partial charge on any atom is -0.492 e. The number of hydrogen-bond donors (Lipinski definition) is 2. The van der Waals surface area contributed by atoms with E-state index < -0.39 is 15.9 Å². The van der Waals surface area contributed by atoms with E-state index in [1.807, 2.05) is 32.0 Å². The number of rotatable bonds is 7. The molecule has 0 radical (unpaired) electrons. The van der Waals surface area contributed by atoms with Gasteiger partial charge in [0.2, 0.25) is 0 Å². The van der Waals surface area contributed by atoms with Crippen LogP contribution in [0.4, 0.5) is 11.4 Å². The van der Waals surface area contributed by atoms with Crippen LogP contribution in [0.25, 0.3) is 0 Å². The number of sulfonamides is 1. The third-order valence-electron chi connectivity index (χ3n) is 4.48. The van der Waals surface area contributed by atoms with Gasteiger partial charge >= 0.3 is 0 Å². The van der Waals surface area contributed by atoms with Gasteiger partial charge in [-0.05, 0) is 62.7 Å². The highest BCUT2D eigenvalue weighted by molar-refractivity contribution is 7.92. The first-order valence-corrected chi connectivity index (χ1v) is 11.0. The van der Waals surface area contributed by atoms with E-state index in [2.05, 4.69) is 10.0 Å². The third kappa shape index (κ3) is 4.99. The Morgan fingerprint density at radius 1 is 0.967 bits per heavy atom. The van der Waals surface area contributed by atoms with Gasteiger partial charge in [-0.25, -0.2) is 8.42 Å². The van der Waals surface area contributed by atoms with Crippen LogP contribution in [0, 0.1) is 13.8 Å². The molecule has 7 heteroatoms. The molecule has 6 nitrogen and oxygen atoms in total. The molecule has 0 aromatic heterocycles. The Morgan fingerprint density at radius 3 is 2.37 bits per heavy atom. The highest BCUT2D eigenvalue weighted by Gasteiger charge is 2.20. The first-order chi connectivity index (χ1) is 14.3. The number of ether oxygens (including phenoxy) is 1. The maximum absolute atomic E-state index is 12.9. The Labute approximate surface area is 177 Å². The molecule has 0 atom stereocenters. The third-order valence-corrected chi connectivity index (χ3v) is 6.00. The van der Waals surface area contributed by atoms with E-state index in [4.69, 9.17) is 4.74 Å². The average Bonchev–Trinajstić information content (AvgIpc) is 2.71. The molecular formula is C23H24N2O4S. The fraction of sp³-hybridized carbons (Fsp3) is 0.174. The smallest absolute Gasteiger partial charge is 0.262 e. The zero-order chi connectivity index (χ0) is 21.7. The second kappa shape index (κ2) is 9.00. The maximum atomic E-state index is 12.9. The topological polar surface area (TPSA) is 84.5 Å². The SMILES string of the molecule is CCOc1ccccc1NC(=O)c1ccc(C)c(S(=O)(=O)Nc2ccc(C)cc2)c1. The van der Waals surface area contributed by atoms with E-state index in [1.165, 1.54) is 6.07 Å². The van der Waals surface area contributed by atoms with E-state index >= 15 is 0 Å². The van der Waals surface area contributed by atoms with Crippen molar-refractivity contribution < 1.29 is 17.9 Å². The molecule has 0 saturated heterocycles. The number of anilines is 2. The molecule has 0 spiro atoms.